The number of hydrogen-bond acceptors (Lipinski definition) is 8. The van der Waals surface area contributed by atoms with Gasteiger partial charge in [0.25, 0.3) is 5.56 Å². The number of aryl methyl sites for hydroxylation is 1. The third kappa shape index (κ3) is 4.40. The van der Waals surface area contributed by atoms with E-state index in [1.54, 1.807) is 17.9 Å². The predicted octanol–water partition coefficient (Wildman–Crippen LogP) is 4.43. The van der Waals surface area contributed by atoms with Crippen LogP contribution in [-0.2, 0) is 11.3 Å². The largest absolute Gasteiger partial charge is 0.496 e. The fourth-order valence-corrected chi connectivity index (χ4v) is 6.83. The Kier molecular flexibility index (Phi) is 6.94. The summed E-state index contributed by atoms with van der Waals surface area (Å²) >= 11 is 1.37. The number of aromatic nitrogens is 3. The third-order valence-electron chi connectivity index (χ3n) is 7.74. The van der Waals surface area contributed by atoms with Crippen molar-refractivity contribution < 1.29 is 13.9 Å². The van der Waals surface area contributed by atoms with E-state index in [4.69, 9.17) is 13.9 Å². The number of para-hydroxylation sites is 1. The van der Waals surface area contributed by atoms with E-state index in [1.807, 2.05) is 31.2 Å². The van der Waals surface area contributed by atoms with Crippen LogP contribution in [-0.4, -0.2) is 40.4 Å². The Labute approximate surface area is 224 Å². The van der Waals surface area contributed by atoms with E-state index < -0.39 is 6.10 Å². The summed E-state index contributed by atoms with van der Waals surface area (Å²) in [6.45, 7) is 3.34. The van der Waals surface area contributed by atoms with Crippen LogP contribution in [0.3, 0.4) is 0 Å². The number of nitrogens with zero attached hydrogens (tertiary/aromatic N) is 3. The molecule has 1 N–H and O–H groups in total. The zero-order valence-electron chi connectivity index (χ0n) is 21.6. The molecule has 1 aliphatic heterocycles. The summed E-state index contributed by atoms with van der Waals surface area (Å²) < 4.78 is 21.2. The van der Waals surface area contributed by atoms with Gasteiger partial charge in [0.05, 0.1) is 42.3 Å². The number of fused-ring (bicyclic) bond motifs is 1. The highest BCUT2D eigenvalue weighted by Gasteiger charge is 2.31. The first-order valence-corrected chi connectivity index (χ1v) is 14.1. The van der Waals surface area contributed by atoms with E-state index in [-0.39, 0.29) is 29.9 Å². The molecule has 1 saturated heterocycles. The quantitative estimate of drug-likeness (QED) is 0.356. The Morgan fingerprint density at radius 1 is 1.18 bits per heavy atom. The number of thiophene rings is 1. The summed E-state index contributed by atoms with van der Waals surface area (Å²) in [5.74, 6) is 1.16. The second-order valence-corrected chi connectivity index (χ2v) is 11.1. The van der Waals surface area contributed by atoms with Crippen molar-refractivity contribution in [1.82, 2.24) is 19.4 Å². The van der Waals surface area contributed by atoms with Crippen molar-refractivity contribution in [2.24, 2.45) is 0 Å². The molecule has 1 saturated carbocycles. The van der Waals surface area contributed by atoms with Crippen LogP contribution < -0.4 is 21.3 Å². The summed E-state index contributed by atoms with van der Waals surface area (Å²) in [7, 11) is 1.65. The van der Waals surface area contributed by atoms with Gasteiger partial charge in [-0.3, -0.25) is 13.9 Å². The van der Waals surface area contributed by atoms with E-state index in [1.165, 1.54) is 28.6 Å². The Balaban J connectivity index is 1.53. The van der Waals surface area contributed by atoms with Crippen molar-refractivity contribution in [3.8, 4) is 16.5 Å². The van der Waals surface area contributed by atoms with Crippen LogP contribution in [0.2, 0.25) is 0 Å². The number of methoxy groups -OCH3 is 1. The lowest BCUT2D eigenvalue weighted by Gasteiger charge is -2.31. The van der Waals surface area contributed by atoms with Crippen molar-refractivity contribution in [2.45, 2.75) is 63.8 Å². The zero-order chi connectivity index (χ0) is 26.2. The van der Waals surface area contributed by atoms with Crippen molar-refractivity contribution in [3.63, 3.8) is 0 Å². The van der Waals surface area contributed by atoms with E-state index >= 15 is 0 Å². The summed E-state index contributed by atoms with van der Waals surface area (Å²) in [5, 5.41) is 3.72. The molecule has 0 radical (unpaired) electrons. The molecule has 0 spiro atoms. The predicted molar refractivity (Wildman–Crippen MR) is 146 cm³/mol. The maximum absolute atomic E-state index is 14.0. The van der Waals surface area contributed by atoms with E-state index in [0.717, 1.165) is 47.4 Å². The molecule has 9 nitrogen and oxygen atoms in total. The molecule has 0 bridgehead atoms. The van der Waals surface area contributed by atoms with Gasteiger partial charge >= 0.3 is 5.69 Å². The lowest BCUT2D eigenvalue weighted by atomic mass is 9.97. The topological polar surface area (TPSA) is 101 Å². The van der Waals surface area contributed by atoms with Gasteiger partial charge in [0.1, 0.15) is 22.9 Å². The highest BCUT2D eigenvalue weighted by molar-refractivity contribution is 7.22. The lowest BCUT2D eigenvalue weighted by Crippen LogP contribution is -2.53. The summed E-state index contributed by atoms with van der Waals surface area (Å²) in [5.41, 5.74) is 1.09. The Hall–Kier alpha value is -3.21. The molecule has 0 amide bonds. The first kappa shape index (κ1) is 25.1. The van der Waals surface area contributed by atoms with Crippen molar-refractivity contribution in [1.29, 1.82) is 0 Å². The molecule has 6 rings (SSSR count). The highest BCUT2D eigenvalue weighted by Crippen LogP contribution is 2.38. The van der Waals surface area contributed by atoms with Crippen molar-refractivity contribution in [2.75, 3.05) is 20.2 Å². The molecule has 1 unspecified atom stereocenters. The van der Waals surface area contributed by atoms with E-state index in [9.17, 15) is 9.59 Å². The van der Waals surface area contributed by atoms with Gasteiger partial charge in [0.15, 0.2) is 0 Å². The summed E-state index contributed by atoms with van der Waals surface area (Å²) in [4.78, 5) is 33.5. The van der Waals surface area contributed by atoms with E-state index in [2.05, 4.69) is 10.3 Å². The number of benzene rings is 1. The first-order chi connectivity index (χ1) is 18.6. The molecular formula is C28H32N4O5S. The number of oxazole rings is 1. The van der Waals surface area contributed by atoms with Gasteiger partial charge in [-0.25, -0.2) is 9.78 Å². The summed E-state index contributed by atoms with van der Waals surface area (Å²) in [6, 6.07) is 7.63. The maximum Gasteiger partial charge on any atom is 0.332 e. The second-order valence-electron chi connectivity index (χ2n) is 10.1. The van der Waals surface area contributed by atoms with Crippen LogP contribution in [0.5, 0.6) is 5.75 Å². The van der Waals surface area contributed by atoms with Gasteiger partial charge in [0, 0.05) is 18.7 Å². The molecule has 200 valence electrons. The third-order valence-corrected chi connectivity index (χ3v) is 9.04. The first-order valence-electron chi connectivity index (χ1n) is 13.2. The Bertz CT molecular complexity index is 1540. The van der Waals surface area contributed by atoms with Crippen LogP contribution in [0, 0.1) is 6.92 Å². The number of hydrogen-bond donors (Lipinski definition) is 1. The fraction of sp³-hybridized carbons (Fsp3) is 0.464. The van der Waals surface area contributed by atoms with Crippen LogP contribution in [0.25, 0.3) is 21.0 Å². The van der Waals surface area contributed by atoms with Crippen molar-refractivity contribution in [3.05, 3.63) is 68.7 Å². The van der Waals surface area contributed by atoms with E-state index in [0.29, 0.717) is 29.2 Å². The molecule has 3 aromatic heterocycles. The molecular weight excluding hydrogens is 504 g/mol. The van der Waals surface area contributed by atoms with Gasteiger partial charge < -0.3 is 19.2 Å². The van der Waals surface area contributed by atoms with Crippen LogP contribution in [0.4, 0.5) is 0 Å². The van der Waals surface area contributed by atoms with Gasteiger partial charge in [-0.1, -0.05) is 37.5 Å². The minimum Gasteiger partial charge on any atom is -0.496 e. The van der Waals surface area contributed by atoms with Gasteiger partial charge in [-0.15, -0.1) is 11.3 Å². The molecule has 1 aromatic carbocycles. The van der Waals surface area contributed by atoms with Gasteiger partial charge in [-0.05, 0) is 31.4 Å². The molecule has 1 atom stereocenters. The van der Waals surface area contributed by atoms with Gasteiger partial charge in [-0.2, -0.15) is 0 Å². The summed E-state index contributed by atoms with van der Waals surface area (Å²) in [6.07, 6.45) is 8.27. The molecule has 4 aromatic rings. The molecule has 38 heavy (non-hydrogen) atoms. The molecule has 2 aliphatic rings. The van der Waals surface area contributed by atoms with Gasteiger partial charge in [0.2, 0.25) is 5.89 Å². The minimum absolute atomic E-state index is 0.111. The minimum atomic E-state index is -0.423. The zero-order valence-corrected chi connectivity index (χ0v) is 22.5. The Morgan fingerprint density at radius 2 is 1.97 bits per heavy atom. The average Bonchev–Trinajstić information content (AvgIpc) is 3.56. The fourth-order valence-electron chi connectivity index (χ4n) is 5.59. The monoisotopic (exact) mass is 536 g/mol. The van der Waals surface area contributed by atoms with Crippen molar-refractivity contribution >= 4 is 21.6 Å². The standard InChI is InChI=1S/C28H32N4O5S/c1-17-23-26(33)32(18-14-29-15-18)28(34)31(27(23)38-24(17)25-30-12-13-36-25)16-22(37-19-8-4-3-5-9-19)20-10-6-7-11-21(20)35-2/h6-7,10-13,18-19,22,29H,3-5,8-9,14-16H2,1-2H3. The van der Waals surface area contributed by atoms with Crippen LogP contribution in [0.1, 0.15) is 55.4 Å². The second kappa shape index (κ2) is 10.5. The molecule has 10 heteroatoms. The van der Waals surface area contributed by atoms with Crippen LogP contribution in [0.15, 0.2) is 50.7 Å². The smallest absolute Gasteiger partial charge is 0.332 e. The average molecular weight is 537 g/mol. The SMILES string of the molecule is COc1ccccc1C(Cn1c(=O)n(C2CNC2)c(=O)c2c(C)c(-c3ncco3)sc21)OC1CCCCC1. The molecule has 2 fully saturated rings. The number of ether oxygens (including phenoxy) is 2. The normalized spacial score (nSPS) is 17.5. The number of nitrogens with one attached hydrogen (secondary N) is 1. The lowest BCUT2D eigenvalue weighted by molar-refractivity contribution is -0.0401. The number of rotatable bonds is 8. The van der Waals surface area contributed by atoms with Crippen LogP contribution >= 0.6 is 11.3 Å². The Morgan fingerprint density at radius 3 is 2.66 bits per heavy atom. The maximum atomic E-state index is 14.0. The highest BCUT2D eigenvalue weighted by atomic mass is 32.1. The molecule has 4 heterocycles. The molecule has 1 aliphatic carbocycles.